The topological polar surface area (TPSA) is 61.8 Å². The van der Waals surface area contributed by atoms with Crippen molar-refractivity contribution in [3.05, 3.63) is 57.8 Å². The first-order valence-corrected chi connectivity index (χ1v) is 7.78. The number of hydrogen-bond donors (Lipinski definition) is 2. The number of hydrogen-bond acceptors (Lipinski definition) is 4. The van der Waals surface area contributed by atoms with Crippen LogP contribution in [-0.4, -0.2) is 29.0 Å². The molecule has 21 heavy (non-hydrogen) atoms. The van der Waals surface area contributed by atoms with E-state index in [1.165, 1.54) is 4.88 Å². The van der Waals surface area contributed by atoms with Gasteiger partial charge >= 0.3 is 0 Å². The van der Waals surface area contributed by atoms with Crippen LogP contribution in [0.1, 0.15) is 22.9 Å². The molecule has 0 bridgehead atoms. The van der Waals surface area contributed by atoms with Crippen LogP contribution in [-0.2, 0) is 13.0 Å². The van der Waals surface area contributed by atoms with Crippen molar-refractivity contribution in [1.82, 2.24) is 4.90 Å². The minimum absolute atomic E-state index is 0.157. The molecule has 2 rings (SSSR count). The van der Waals surface area contributed by atoms with Crippen molar-refractivity contribution in [3.8, 4) is 0 Å². The highest BCUT2D eigenvalue weighted by Crippen LogP contribution is 2.17. The highest BCUT2D eigenvalue weighted by molar-refractivity contribution is 7.09. The van der Waals surface area contributed by atoms with Crippen molar-refractivity contribution in [2.75, 3.05) is 7.05 Å². The van der Waals surface area contributed by atoms with Crippen molar-refractivity contribution in [3.63, 3.8) is 0 Å². The van der Waals surface area contributed by atoms with Crippen molar-refractivity contribution in [1.29, 1.82) is 0 Å². The molecule has 0 aliphatic heterocycles. The lowest BCUT2D eigenvalue weighted by Gasteiger charge is -2.25. The van der Waals surface area contributed by atoms with Gasteiger partial charge in [0.05, 0.1) is 0 Å². The highest BCUT2D eigenvalue weighted by Gasteiger charge is 2.14. The van der Waals surface area contributed by atoms with Crippen molar-refractivity contribution in [2.24, 2.45) is 10.9 Å². The zero-order chi connectivity index (χ0) is 15.2. The molecule has 0 fully saturated rings. The Morgan fingerprint density at radius 2 is 2.10 bits per heavy atom. The third-order valence-electron chi connectivity index (χ3n) is 3.65. The number of nitrogens with two attached hydrogens (primary N) is 1. The van der Waals surface area contributed by atoms with Gasteiger partial charge in [0.15, 0.2) is 5.84 Å². The summed E-state index contributed by atoms with van der Waals surface area (Å²) in [4.78, 5) is 3.67. The van der Waals surface area contributed by atoms with E-state index < -0.39 is 0 Å². The predicted molar refractivity (Wildman–Crippen MR) is 87.9 cm³/mol. The Bertz CT molecular complexity index is 595. The maximum Gasteiger partial charge on any atom is 0.170 e. The van der Waals surface area contributed by atoms with E-state index in [4.69, 9.17) is 10.9 Å². The molecule has 1 aromatic heterocycles. The molecule has 1 unspecified atom stereocenters. The van der Waals surface area contributed by atoms with Gasteiger partial charge in [-0.25, -0.2) is 0 Å². The highest BCUT2D eigenvalue weighted by atomic mass is 32.1. The summed E-state index contributed by atoms with van der Waals surface area (Å²) in [5.41, 5.74) is 7.59. The Morgan fingerprint density at radius 3 is 2.76 bits per heavy atom. The summed E-state index contributed by atoms with van der Waals surface area (Å²) >= 11 is 1.79. The molecule has 1 heterocycles. The van der Waals surface area contributed by atoms with Crippen LogP contribution in [0.2, 0.25) is 0 Å². The lowest BCUT2D eigenvalue weighted by molar-refractivity contribution is 0.249. The summed E-state index contributed by atoms with van der Waals surface area (Å²) < 4.78 is 0. The Hall–Kier alpha value is -1.85. The van der Waals surface area contributed by atoms with Gasteiger partial charge in [-0.15, -0.1) is 11.3 Å². The first kappa shape index (κ1) is 15.5. The number of nitrogens with zero attached hydrogens (tertiary/aromatic N) is 2. The molecule has 0 saturated carbocycles. The third-order valence-corrected chi connectivity index (χ3v) is 4.55. The molecule has 0 saturated heterocycles. The molecule has 112 valence electrons. The molecule has 0 aliphatic carbocycles. The minimum Gasteiger partial charge on any atom is -0.409 e. The van der Waals surface area contributed by atoms with Crippen LogP contribution in [0, 0.1) is 0 Å². The van der Waals surface area contributed by atoms with Crippen molar-refractivity contribution >= 4 is 17.2 Å². The van der Waals surface area contributed by atoms with Gasteiger partial charge in [0, 0.05) is 23.0 Å². The van der Waals surface area contributed by atoms with Crippen LogP contribution < -0.4 is 5.73 Å². The van der Waals surface area contributed by atoms with E-state index in [1.54, 1.807) is 11.3 Å². The van der Waals surface area contributed by atoms with Crippen LogP contribution in [0.4, 0.5) is 0 Å². The van der Waals surface area contributed by atoms with Crippen LogP contribution in [0.25, 0.3) is 0 Å². The second kappa shape index (κ2) is 7.24. The normalized spacial score (nSPS) is 13.6. The molecule has 0 amide bonds. The molecular formula is C16H21N3OS. The van der Waals surface area contributed by atoms with Gasteiger partial charge in [0.1, 0.15) is 0 Å². The smallest absolute Gasteiger partial charge is 0.170 e. The molecule has 2 aromatic rings. The van der Waals surface area contributed by atoms with Crippen LogP contribution >= 0.6 is 11.3 Å². The van der Waals surface area contributed by atoms with Gasteiger partial charge in [0.25, 0.3) is 0 Å². The van der Waals surface area contributed by atoms with Gasteiger partial charge in [-0.05, 0) is 37.4 Å². The number of likely N-dealkylation sites (N-methyl/N-ethyl adjacent to an activating group) is 1. The summed E-state index contributed by atoms with van der Waals surface area (Å²) in [6, 6.07) is 12.4. The van der Waals surface area contributed by atoms with Crippen molar-refractivity contribution in [2.45, 2.75) is 25.9 Å². The van der Waals surface area contributed by atoms with E-state index in [0.717, 1.165) is 24.1 Å². The summed E-state index contributed by atoms with van der Waals surface area (Å²) in [6.45, 7) is 2.98. The molecule has 0 radical (unpaired) electrons. The largest absolute Gasteiger partial charge is 0.409 e. The summed E-state index contributed by atoms with van der Waals surface area (Å²) in [5.74, 6) is 0.157. The van der Waals surface area contributed by atoms with Gasteiger partial charge in [0.2, 0.25) is 0 Å². The number of rotatable bonds is 6. The fourth-order valence-electron chi connectivity index (χ4n) is 2.26. The number of amidine groups is 1. The first-order valence-electron chi connectivity index (χ1n) is 6.90. The maximum absolute atomic E-state index is 8.88. The quantitative estimate of drug-likeness (QED) is 0.373. The molecule has 0 aliphatic rings. The molecule has 1 aromatic carbocycles. The standard InChI is InChI=1S/C16H21N3OS/c1-12(10-14-7-5-9-21-14)19(2)11-13-6-3-4-8-15(13)16(17)18-20/h3-9,12,20H,10-11H2,1-2H3,(H2,17,18). The average molecular weight is 303 g/mol. The van der Waals surface area contributed by atoms with E-state index in [0.29, 0.717) is 6.04 Å². The zero-order valence-corrected chi connectivity index (χ0v) is 13.2. The summed E-state index contributed by atoms with van der Waals surface area (Å²) in [6.07, 6.45) is 1.03. The summed E-state index contributed by atoms with van der Waals surface area (Å²) in [5, 5.41) is 14.1. The average Bonchev–Trinajstić information content (AvgIpc) is 2.99. The van der Waals surface area contributed by atoms with Gasteiger partial charge in [-0.1, -0.05) is 35.5 Å². The molecule has 5 heteroatoms. The van der Waals surface area contributed by atoms with Crippen LogP contribution in [0.5, 0.6) is 0 Å². The molecule has 1 atom stereocenters. The van der Waals surface area contributed by atoms with Gasteiger partial charge in [-0.2, -0.15) is 0 Å². The fraction of sp³-hybridized carbons (Fsp3) is 0.312. The van der Waals surface area contributed by atoms with Crippen molar-refractivity contribution < 1.29 is 5.21 Å². The third kappa shape index (κ3) is 4.06. The van der Waals surface area contributed by atoms with Gasteiger partial charge < -0.3 is 10.9 Å². The van der Waals surface area contributed by atoms with E-state index in [2.05, 4.69) is 41.5 Å². The molecule has 0 spiro atoms. The second-order valence-electron chi connectivity index (χ2n) is 5.19. The Morgan fingerprint density at radius 1 is 1.33 bits per heavy atom. The van der Waals surface area contributed by atoms with Gasteiger partial charge in [-0.3, -0.25) is 4.90 Å². The van der Waals surface area contributed by atoms with Crippen LogP contribution in [0.3, 0.4) is 0 Å². The van der Waals surface area contributed by atoms with Crippen LogP contribution in [0.15, 0.2) is 46.9 Å². The first-order chi connectivity index (χ1) is 10.1. The molecule has 4 nitrogen and oxygen atoms in total. The lowest BCUT2D eigenvalue weighted by Crippen LogP contribution is -2.31. The lowest BCUT2D eigenvalue weighted by atomic mass is 10.1. The monoisotopic (exact) mass is 303 g/mol. The van der Waals surface area contributed by atoms with E-state index in [9.17, 15) is 0 Å². The van der Waals surface area contributed by atoms with E-state index >= 15 is 0 Å². The van der Waals surface area contributed by atoms with E-state index in [-0.39, 0.29) is 5.84 Å². The number of oxime groups is 1. The maximum atomic E-state index is 8.88. The predicted octanol–water partition coefficient (Wildman–Crippen LogP) is 2.91. The minimum atomic E-state index is 0.157. The number of benzene rings is 1. The fourth-order valence-corrected chi connectivity index (χ4v) is 3.09. The number of thiophene rings is 1. The SMILES string of the molecule is CC(Cc1cccs1)N(C)Cc1ccccc1C(N)=NO. The Labute approximate surface area is 129 Å². The second-order valence-corrected chi connectivity index (χ2v) is 6.22. The Balaban J connectivity index is 2.07. The zero-order valence-electron chi connectivity index (χ0n) is 12.4. The molecule has 3 N–H and O–H groups in total. The Kier molecular flexibility index (Phi) is 5.36. The van der Waals surface area contributed by atoms with E-state index in [1.807, 2.05) is 24.3 Å². The summed E-state index contributed by atoms with van der Waals surface area (Å²) in [7, 11) is 2.10. The molecular weight excluding hydrogens is 282 g/mol.